The van der Waals surface area contributed by atoms with E-state index in [-0.39, 0.29) is 18.2 Å². The number of carbonyl (C=O) groups excluding carboxylic acids is 2. The van der Waals surface area contributed by atoms with E-state index in [0.717, 1.165) is 12.0 Å². The predicted octanol–water partition coefficient (Wildman–Crippen LogP) is 3.50. The molecule has 4 heteroatoms. The Bertz CT molecular complexity index is 664. The Balaban J connectivity index is 1.72. The van der Waals surface area contributed by atoms with E-state index >= 15 is 0 Å². The summed E-state index contributed by atoms with van der Waals surface area (Å²) >= 11 is 0. The fourth-order valence-electron chi connectivity index (χ4n) is 2.36. The lowest BCUT2D eigenvalue weighted by Crippen LogP contribution is -2.29. The molecule has 0 radical (unpaired) electrons. The van der Waals surface area contributed by atoms with Crippen molar-refractivity contribution in [2.24, 2.45) is 0 Å². The maximum absolute atomic E-state index is 11.9. The van der Waals surface area contributed by atoms with Gasteiger partial charge in [0.1, 0.15) is 6.42 Å². The van der Waals surface area contributed by atoms with Crippen molar-refractivity contribution in [2.45, 2.75) is 32.6 Å². The minimum absolute atomic E-state index is 0.166. The molecule has 0 saturated heterocycles. The number of hydrogen-bond donors (Lipinski definition) is 2. The Labute approximate surface area is 143 Å². The molecule has 2 amide bonds. The summed E-state index contributed by atoms with van der Waals surface area (Å²) in [5, 5.41) is 5.52. The molecule has 0 fully saturated rings. The zero-order chi connectivity index (χ0) is 17.4. The quantitative estimate of drug-likeness (QED) is 0.766. The van der Waals surface area contributed by atoms with Gasteiger partial charge in [-0.05, 0) is 35.6 Å². The Morgan fingerprint density at radius 3 is 2.21 bits per heavy atom. The van der Waals surface area contributed by atoms with E-state index < -0.39 is 0 Å². The molecular formula is C20H24N2O2. The summed E-state index contributed by atoms with van der Waals surface area (Å²) < 4.78 is 0. The van der Waals surface area contributed by atoms with Crippen LogP contribution in [0.3, 0.4) is 0 Å². The molecule has 0 aliphatic heterocycles. The van der Waals surface area contributed by atoms with Gasteiger partial charge in [-0.1, -0.05) is 56.3 Å². The van der Waals surface area contributed by atoms with Crippen LogP contribution < -0.4 is 10.6 Å². The molecule has 0 atom stereocenters. The molecule has 126 valence electrons. The number of hydrogen-bond acceptors (Lipinski definition) is 2. The molecule has 4 nitrogen and oxygen atoms in total. The number of amides is 2. The molecule has 2 aromatic carbocycles. The zero-order valence-electron chi connectivity index (χ0n) is 14.2. The first-order valence-corrected chi connectivity index (χ1v) is 8.25. The molecule has 2 N–H and O–H groups in total. The average molecular weight is 324 g/mol. The first-order chi connectivity index (χ1) is 11.5. The lowest BCUT2D eigenvalue weighted by molar-refractivity contribution is -0.126. The normalized spacial score (nSPS) is 10.5. The minimum atomic E-state index is -0.301. The third-order valence-corrected chi connectivity index (χ3v) is 3.76. The van der Waals surface area contributed by atoms with E-state index in [1.807, 2.05) is 54.6 Å². The van der Waals surface area contributed by atoms with E-state index in [4.69, 9.17) is 0 Å². The third kappa shape index (κ3) is 5.88. The molecule has 2 rings (SSSR count). The number of anilines is 1. The maximum Gasteiger partial charge on any atom is 0.233 e. The molecule has 0 bridgehead atoms. The van der Waals surface area contributed by atoms with Crippen LogP contribution in [0.2, 0.25) is 0 Å². The standard InChI is InChI=1S/C20H24N2O2/c1-15(2)17-8-10-18(11-9-17)22-20(24)14-19(23)21-13-12-16-6-4-3-5-7-16/h3-11,15H,12-14H2,1-2H3,(H,21,23)(H,22,24). The molecule has 0 saturated carbocycles. The fourth-order valence-corrected chi connectivity index (χ4v) is 2.36. The van der Waals surface area contributed by atoms with Gasteiger partial charge in [-0.2, -0.15) is 0 Å². The van der Waals surface area contributed by atoms with Gasteiger partial charge in [0.25, 0.3) is 0 Å². The monoisotopic (exact) mass is 324 g/mol. The first kappa shape index (κ1) is 17.7. The Hall–Kier alpha value is -2.62. The lowest BCUT2D eigenvalue weighted by Gasteiger charge is -2.09. The van der Waals surface area contributed by atoms with Crippen molar-refractivity contribution in [2.75, 3.05) is 11.9 Å². The van der Waals surface area contributed by atoms with Gasteiger partial charge in [0.05, 0.1) is 0 Å². The number of carbonyl (C=O) groups is 2. The Morgan fingerprint density at radius 1 is 0.917 bits per heavy atom. The lowest BCUT2D eigenvalue weighted by atomic mass is 10.0. The third-order valence-electron chi connectivity index (χ3n) is 3.76. The van der Waals surface area contributed by atoms with Crippen LogP contribution in [0.5, 0.6) is 0 Å². The van der Waals surface area contributed by atoms with Crippen LogP contribution in [0.4, 0.5) is 5.69 Å². The second-order valence-electron chi connectivity index (χ2n) is 6.09. The van der Waals surface area contributed by atoms with Crippen molar-refractivity contribution in [3.05, 3.63) is 65.7 Å². The summed E-state index contributed by atoms with van der Waals surface area (Å²) in [6, 6.07) is 17.6. The van der Waals surface area contributed by atoms with Crippen LogP contribution in [0.15, 0.2) is 54.6 Å². The number of nitrogens with one attached hydrogen (secondary N) is 2. The molecule has 24 heavy (non-hydrogen) atoms. The topological polar surface area (TPSA) is 58.2 Å². The molecule has 0 aromatic heterocycles. The molecular weight excluding hydrogens is 300 g/mol. The van der Waals surface area contributed by atoms with Gasteiger partial charge in [-0.25, -0.2) is 0 Å². The number of benzene rings is 2. The number of rotatable bonds is 7. The molecule has 0 heterocycles. The Kier molecular flexibility index (Phi) is 6.55. The molecule has 2 aromatic rings. The van der Waals surface area contributed by atoms with Gasteiger partial charge >= 0.3 is 0 Å². The highest BCUT2D eigenvalue weighted by atomic mass is 16.2. The van der Waals surface area contributed by atoms with Crippen LogP contribution in [0, 0.1) is 0 Å². The molecule has 0 aliphatic carbocycles. The van der Waals surface area contributed by atoms with E-state index in [9.17, 15) is 9.59 Å². The van der Waals surface area contributed by atoms with Crippen molar-refractivity contribution >= 4 is 17.5 Å². The van der Waals surface area contributed by atoms with Crippen molar-refractivity contribution < 1.29 is 9.59 Å². The zero-order valence-corrected chi connectivity index (χ0v) is 14.2. The van der Waals surface area contributed by atoms with Gasteiger partial charge < -0.3 is 10.6 Å². The molecule has 0 spiro atoms. The second-order valence-corrected chi connectivity index (χ2v) is 6.09. The van der Waals surface area contributed by atoms with Gasteiger partial charge in [-0.3, -0.25) is 9.59 Å². The van der Waals surface area contributed by atoms with Gasteiger partial charge in [-0.15, -0.1) is 0 Å². The van der Waals surface area contributed by atoms with E-state index in [2.05, 4.69) is 24.5 Å². The van der Waals surface area contributed by atoms with Crippen LogP contribution >= 0.6 is 0 Å². The summed E-state index contributed by atoms with van der Waals surface area (Å²) in [4.78, 5) is 23.7. The van der Waals surface area contributed by atoms with Crippen molar-refractivity contribution in [1.82, 2.24) is 5.32 Å². The summed E-state index contributed by atoms with van der Waals surface area (Å²) in [6.45, 7) is 4.76. The van der Waals surface area contributed by atoms with Crippen molar-refractivity contribution in [3.63, 3.8) is 0 Å². The van der Waals surface area contributed by atoms with Gasteiger partial charge in [0.2, 0.25) is 11.8 Å². The highest BCUT2D eigenvalue weighted by Crippen LogP contribution is 2.17. The maximum atomic E-state index is 11.9. The van der Waals surface area contributed by atoms with Crippen LogP contribution in [-0.4, -0.2) is 18.4 Å². The fraction of sp³-hybridized carbons (Fsp3) is 0.300. The highest BCUT2D eigenvalue weighted by Gasteiger charge is 2.09. The van der Waals surface area contributed by atoms with Crippen LogP contribution in [0.25, 0.3) is 0 Å². The van der Waals surface area contributed by atoms with E-state index in [1.54, 1.807) is 0 Å². The molecule has 0 aliphatic rings. The minimum Gasteiger partial charge on any atom is -0.355 e. The average Bonchev–Trinajstić information content (AvgIpc) is 2.56. The predicted molar refractivity (Wildman–Crippen MR) is 96.9 cm³/mol. The smallest absolute Gasteiger partial charge is 0.233 e. The summed E-state index contributed by atoms with van der Waals surface area (Å²) in [5.74, 6) is -0.114. The second kappa shape index (κ2) is 8.87. The molecule has 0 unspecified atom stereocenters. The summed E-state index contributed by atoms with van der Waals surface area (Å²) in [6.07, 6.45) is 0.589. The van der Waals surface area contributed by atoms with Crippen molar-refractivity contribution in [1.29, 1.82) is 0 Å². The van der Waals surface area contributed by atoms with E-state index in [0.29, 0.717) is 18.2 Å². The Morgan fingerprint density at radius 2 is 1.58 bits per heavy atom. The van der Waals surface area contributed by atoms with Gasteiger partial charge in [0.15, 0.2) is 0 Å². The summed E-state index contributed by atoms with van der Waals surface area (Å²) in [5.41, 5.74) is 3.08. The van der Waals surface area contributed by atoms with E-state index in [1.165, 1.54) is 5.56 Å². The SMILES string of the molecule is CC(C)c1ccc(NC(=O)CC(=O)NCCc2ccccc2)cc1. The van der Waals surface area contributed by atoms with Gasteiger partial charge in [0, 0.05) is 12.2 Å². The van der Waals surface area contributed by atoms with Crippen molar-refractivity contribution in [3.8, 4) is 0 Å². The summed E-state index contributed by atoms with van der Waals surface area (Å²) in [7, 11) is 0. The largest absolute Gasteiger partial charge is 0.355 e. The van der Waals surface area contributed by atoms with Crippen LogP contribution in [-0.2, 0) is 16.0 Å². The highest BCUT2D eigenvalue weighted by molar-refractivity contribution is 6.03. The van der Waals surface area contributed by atoms with Crippen LogP contribution in [0.1, 0.15) is 37.3 Å². The first-order valence-electron chi connectivity index (χ1n) is 8.25.